The quantitative estimate of drug-likeness (QED) is 0.606. The van der Waals surface area contributed by atoms with Gasteiger partial charge in [0, 0.05) is 11.6 Å². The molecular weight excluding hydrogens is 344 g/mol. The zero-order chi connectivity index (χ0) is 17.6. The van der Waals surface area contributed by atoms with Crippen molar-refractivity contribution in [2.45, 2.75) is 44.8 Å². The van der Waals surface area contributed by atoms with Crippen molar-refractivity contribution < 1.29 is 9.66 Å². The molecule has 8 heteroatoms. The Labute approximate surface area is 150 Å². The number of aromatic nitrogens is 2. The molecule has 1 aliphatic rings. The fourth-order valence-corrected chi connectivity index (χ4v) is 3.11. The Hall–Kier alpha value is -2.41. The monoisotopic (exact) mass is 362 g/mol. The normalized spacial score (nSPS) is 14.9. The predicted octanol–water partition coefficient (Wildman–Crippen LogP) is 4.36. The van der Waals surface area contributed by atoms with Gasteiger partial charge in [-0.2, -0.15) is 4.98 Å². The van der Waals surface area contributed by atoms with E-state index in [-0.39, 0.29) is 23.5 Å². The minimum atomic E-state index is -0.507. The van der Waals surface area contributed by atoms with E-state index in [2.05, 4.69) is 15.3 Å². The number of halogens is 1. The van der Waals surface area contributed by atoms with E-state index in [1.807, 2.05) is 18.2 Å². The average molecular weight is 363 g/mol. The number of nitrogens with zero attached hydrogens (tertiary/aromatic N) is 3. The van der Waals surface area contributed by atoms with Gasteiger partial charge in [0.15, 0.2) is 0 Å². The molecule has 1 fully saturated rings. The van der Waals surface area contributed by atoms with Gasteiger partial charge in [-0.3, -0.25) is 10.1 Å². The molecule has 7 nitrogen and oxygen atoms in total. The van der Waals surface area contributed by atoms with Crippen LogP contribution in [0.3, 0.4) is 0 Å². The first kappa shape index (κ1) is 17.4. The van der Waals surface area contributed by atoms with Gasteiger partial charge >= 0.3 is 5.69 Å². The van der Waals surface area contributed by atoms with Gasteiger partial charge < -0.3 is 10.1 Å². The van der Waals surface area contributed by atoms with E-state index in [0.717, 1.165) is 31.2 Å². The molecule has 1 saturated carbocycles. The molecule has 1 heterocycles. The number of ether oxygens (including phenoxy) is 1. The van der Waals surface area contributed by atoms with E-state index >= 15 is 0 Å². The maximum Gasteiger partial charge on any atom is 0.372 e. The highest BCUT2D eigenvalue weighted by molar-refractivity contribution is 6.31. The minimum Gasteiger partial charge on any atom is -0.469 e. The fourth-order valence-electron chi connectivity index (χ4n) is 2.90. The van der Waals surface area contributed by atoms with E-state index in [9.17, 15) is 10.1 Å². The molecule has 1 aromatic heterocycles. The fraction of sp³-hybridized carbons (Fsp3) is 0.412. The third kappa shape index (κ3) is 4.36. The lowest BCUT2D eigenvalue weighted by Gasteiger charge is -2.22. The molecule has 1 aromatic carbocycles. The van der Waals surface area contributed by atoms with Crippen LogP contribution in [-0.2, 0) is 6.54 Å². The second-order valence-corrected chi connectivity index (χ2v) is 6.36. The third-order valence-corrected chi connectivity index (χ3v) is 4.57. The number of rotatable bonds is 6. The summed E-state index contributed by atoms with van der Waals surface area (Å²) in [5, 5.41) is 15.1. The summed E-state index contributed by atoms with van der Waals surface area (Å²) < 4.78 is 5.81. The lowest BCUT2D eigenvalue weighted by Crippen LogP contribution is -2.21. The Kier molecular flexibility index (Phi) is 5.65. The molecule has 25 heavy (non-hydrogen) atoms. The molecule has 3 rings (SSSR count). The Morgan fingerprint density at radius 2 is 2.00 bits per heavy atom. The highest BCUT2D eigenvalue weighted by Gasteiger charge is 2.27. The van der Waals surface area contributed by atoms with Crippen LogP contribution in [0.4, 0.5) is 11.5 Å². The van der Waals surface area contributed by atoms with Crippen molar-refractivity contribution in [3.8, 4) is 5.88 Å². The van der Waals surface area contributed by atoms with Gasteiger partial charge in [0.2, 0.25) is 5.82 Å². The summed E-state index contributed by atoms with van der Waals surface area (Å²) in [6.07, 6.45) is 6.35. The molecule has 0 saturated heterocycles. The van der Waals surface area contributed by atoms with E-state index in [1.165, 1.54) is 12.7 Å². The largest absolute Gasteiger partial charge is 0.469 e. The number of hydrogen-bond acceptors (Lipinski definition) is 6. The third-order valence-electron chi connectivity index (χ3n) is 4.21. The van der Waals surface area contributed by atoms with Crippen LogP contribution in [0.5, 0.6) is 5.88 Å². The zero-order valence-corrected chi connectivity index (χ0v) is 14.4. The minimum absolute atomic E-state index is 0.0218. The van der Waals surface area contributed by atoms with E-state index in [4.69, 9.17) is 16.3 Å². The molecule has 0 aliphatic heterocycles. The number of anilines is 1. The Morgan fingerprint density at radius 1 is 1.24 bits per heavy atom. The molecular formula is C17H19ClN4O3. The van der Waals surface area contributed by atoms with Crippen LogP contribution in [0, 0.1) is 10.1 Å². The number of hydrogen-bond donors (Lipinski definition) is 1. The number of nitro groups is 1. The van der Waals surface area contributed by atoms with E-state index in [1.54, 1.807) is 6.07 Å². The lowest BCUT2D eigenvalue weighted by atomic mass is 9.98. The predicted molar refractivity (Wildman–Crippen MR) is 95.0 cm³/mol. The van der Waals surface area contributed by atoms with Gasteiger partial charge in [0.05, 0.1) is 4.92 Å². The van der Waals surface area contributed by atoms with Crippen LogP contribution in [0.15, 0.2) is 30.6 Å². The Balaban J connectivity index is 1.79. The lowest BCUT2D eigenvalue weighted by molar-refractivity contribution is -0.385. The first-order valence-electron chi connectivity index (χ1n) is 8.28. The molecule has 0 amide bonds. The zero-order valence-electron chi connectivity index (χ0n) is 13.7. The molecule has 132 valence electrons. The van der Waals surface area contributed by atoms with Crippen LogP contribution in [0.25, 0.3) is 0 Å². The van der Waals surface area contributed by atoms with Crippen molar-refractivity contribution in [3.63, 3.8) is 0 Å². The van der Waals surface area contributed by atoms with Gasteiger partial charge in [0.1, 0.15) is 12.4 Å². The molecule has 0 atom stereocenters. The standard InChI is InChI=1S/C17H19ClN4O3/c18-14-9-5-4-6-12(14)10-19-16-15(22(23)24)17(21-11-20-16)25-13-7-2-1-3-8-13/h4-6,9,11,13H,1-3,7-8,10H2,(H,19,20,21). The second-order valence-electron chi connectivity index (χ2n) is 5.96. The van der Waals surface area contributed by atoms with Gasteiger partial charge in [0.25, 0.3) is 5.88 Å². The van der Waals surface area contributed by atoms with Crippen LogP contribution in [0.2, 0.25) is 5.02 Å². The maximum atomic E-state index is 11.5. The van der Waals surface area contributed by atoms with Crippen LogP contribution < -0.4 is 10.1 Å². The Morgan fingerprint density at radius 3 is 2.72 bits per heavy atom. The van der Waals surface area contributed by atoms with Crippen LogP contribution in [-0.4, -0.2) is 21.0 Å². The average Bonchev–Trinajstić information content (AvgIpc) is 2.62. The summed E-state index contributed by atoms with van der Waals surface area (Å²) >= 11 is 6.12. The molecule has 0 radical (unpaired) electrons. The van der Waals surface area contributed by atoms with Gasteiger partial charge in [-0.05, 0) is 37.3 Å². The smallest absolute Gasteiger partial charge is 0.372 e. The Bertz CT molecular complexity index is 750. The topological polar surface area (TPSA) is 90.2 Å². The summed E-state index contributed by atoms with van der Waals surface area (Å²) in [4.78, 5) is 19.0. The summed E-state index contributed by atoms with van der Waals surface area (Å²) in [5.41, 5.74) is 0.590. The van der Waals surface area contributed by atoms with Gasteiger partial charge in [-0.15, -0.1) is 0 Å². The van der Waals surface area contributed by atoms with Crippen LogP contribution in [0.1, 0.15) is 37.7 Å². The summed E-state index contributed by atoms with van der Waals surface area (Å²) in [6, 6.07) is 7.30. The number of benzene rings is 1. The summed E-state index contributed by atoms with van der Waals surface area (Å²) in [5.74, 6) is 0.152. The highest BCUT2D eigenvalue weighted by Crippen LogP contribution is 2.34. The second kappa shape index (κ2) is 8.11. The van der Waals surface area contributed by atoms with Crippen molar-refractivity contribution in [3.05, 3.63) is 51.3 Å². The molecule has 0 unspecified atom stereocenters. The van der Waals surface area contributed by atoms with Crippen molar-refractivity contribution in [1.29, 1.82) is 0 Å². The van der Waals surface area contributed by atoms with Crippen molar-refractivity contribution in [2.24, 2.45) is 0 Å². The highest BCUT2D eigenvalue weighted by atomic mass is 35.5. The first-order valence-corrected chi connectivity index (χ1v) is 8.66. The number of nitrogens with one attached hydrogen (secondary N) is 1. The van der Waals surface area contributed by atoms with Gasteiger partial charge in [-0.1, -0.05) is 36.2 Å². The van der Waals surface area contributed by atoms with Crippen molar-refractivity contribution in [1.82, 2.24) is 9.97 Å². The summed E-state index contributed by atoms with van der Waals surface area (Å²) in [7, 11) is 0. The SMILES string of the molecule is O=[N+]([O-])c1c(NCc2ccccc2Cl)ncnc1OC1CCCCC1. The van der Waals surface area contributed by atoms with E-state index < -0.39 is 4.92 Å². The van der Waals surface area contributed by atoms with E-state index in [0.29, 0.717) is 11.6 Å². The molecule has 1 aliphatic carbocycles. The molecule has 0 bridgehead atoms. The first-order chi connectivity index (χ1) is 12.1. The summed E-state index contributed by atoms with van der Waals surface area (Å²) in [6.45, 7) is 0.320. The molecule has 0 spiro atoms. The van der Waals surface area contributed by atoms with Crippen molar-refractivity contribution >= 4 is 23.1 Å². The molecule has 2 aromatic rings. The van der Waals surface area contributed by atoms with Crippen LogP contribution >= 0.6 is 11.6 Å². The van der Waals surface area contributed by atoms with Crippen molar-refractivity contribution in [2.75, 3.05) is 5.32 Å². The molecule has 1 N–H and O–H groups in total. The maximum absolute atomic E-state index is 11.5. The van der Waals surface area contributed by atoms with Gasteiger partial charge in [-0.25, -0.2) is 4.98 Å².